The van der Waals surface area contributed by atoms with E-state index >= 15 is 0 Å². The number of imidazole rings is 1. The van der Waals surface area contributed by atoms with Crippen LogP contribution < -0.4 is 0 Å². The van der Waals surface area contributed by atoms with Crippen LogP contribution in [0.15, 0.2) is 18.2 Å². The summed E-state index contributed by atoms with van der Waals surface area (Å²) < 4.78 is 15.9. The van der Waals surface area contributed by atoms with Crippen molar-refractivity contribution in [3.63, 3.8) is 0 Å². The molecule has 1 heterocycles. The maximum absolute atomic E-state index is 13.8. The van der Waals surface area contributed by atoms with Crippen molar-refractivity contribution < 1.29 is 4.39 Å². The number of nitrogens with zero attached hydrogens (tertiary/aromatic N) is 2. The Kier molecular flexibility index (Phi) is 3.86. The van der Waals surface area contributed by atoms with Gasteiger partial charge in [0.25, 0.3) is 0 Å². The Hall–Kier alpha value is -1.09. The van der Waals surface area contributed by atoms with Crippen LogP contribution in [0.5, 0.6) is 0 Å². The molecule has 4 heteroatoms. The molecular formula is C15H20ClFN2. The summed E-state index contributed by atoms with van der Waals surface area (Å²) >= 11 is 6.20. The molecule has 1 aromatic carbocycles. The Morgan fingerprint density at radius 3 is 2.68 bits per heavy atom. The minimum Gasteiger partial charge on any atom is -0.326 e. The van der Waals surface area contributed by atoms with E-state index in [-0.39, 0.29) is 16.6 Å². The molecular weight excluding hydrogens is 263 g/mol. The summed E-state index contributed by atoms with van der Waals surface area (Å²) in [5, 5.41) is -0.237. The van der Waals surface area contributed by atoms with Gasteiger partial charge in [0.1, 0.15) is 11.3 Å². The van der Waals surface area contributed by atoms with Crippen molar-refractivity contribution in [3.05, 3.63) is 29.8 Å². The zero-order chi connectivity index (χ0) is 14.2. The Morgan fingerprint density at radius 2 is 2.11 bits per heavy atom. The summed E-state index contributed by atoms with van der Waals surface area (Å²) in [4.78, 5) is 4.39. The normalized spacial score (nSPS) is 14.0. The molecule has 1 atom stereocenters. The smallest absolute Gasteiger partial charge is 0.151 e. The van der Waals surface area contributed by atoms with Gasteiger partial charge >= 0.3 is 0 Å². The molecule has 0 amide bonds. The van der Waals surface area contributed by atoms with Crippen molar-refractivity contribution in [3.8, 4) is 0 Å². The monoisotopic (exact) mass is 282 g/mol. The lowest BCUT2D eigenvalue weighted by Crippen LogP contribution is -2.20. The third-order valence-corrected chi connectivity index (χ3v) is 3.85. The fourth-order valence-electron chi connectivity index (χ4n) is 2.14. The average Bonchev–Trinajstić information content (AvgIpc) is 2.69. The molecule has 0 bridgehead atoms. The van der Waals surface area contributed by atoms with Gasteiger partial charge in [0, 0.05) is 6.54 Å². The van der Waals surface area contributed by atoms with E-state index in [1.165, 1.54) is 6.07 Å². The minimum atomic E-state index is -0.288. The van der Waals surface area contributed by atoms with Crippen LogP contribution in [0, 0.1) is 11.2 Å². The molecule has 2 nitrogen and oxygen atoms in total. The lowest BCUT2D eigenvalue weighted by Gasteiger charge is -2.25. The first-order chi connectivity index (χ1) is 8.85. The van der Waals surface area contributed by atoms with E-state index in [4.69, 9.17) is 11.6 Å². The van der Waals surface area contributed by atoms with E-state index in [2.05, 4.69) is 30.3 Å². The highest BCUT2D eigenvalue weighted by molar-refractivity contribution is 6.20. The van der Waals surface area contributed by atoms with Gasteiger partial charge in [0.05, 0.1) is 10.9 Å². The molecule has 0 N–H and O–H groups in total. The molecule has 0 radical (unpaired) electrons. The number of rotatable bonds is 4. The molecule has 104 valence electrons. The Balaban J connectivity index is 2.62. The fraction of sp³-hybridized carbons (Fsp3) is 0.533. The summed E-state index contributed by atoms with van der Waals surface area (Å²) in [5.74, 6) is 0.451. The molecule has 0 saturated heterocycles. The van der Waals surface area contributed by atoms with Gasteiger partial charge in [-0.05, 0) is 30.9 Å². The second-order valence-electron chi connectivity index (χ2n) is 5.80. The van der Waals surface area contributed by atoms with E-state index in [9.17, 15) is 4.39 Å². The van der Waals surface area contributed by atoms with Gasteiger partial charge in [-0.1, -0.05) is 26.8 Å². The van der Waals surface area contributed by atoms with Crippen LogP contribution in [0.3, 0.4) is 0 Å². The van der Waals surface area contributed by atoms with Crippen LogP contribution in [-0.2, 0) is 6.54 Å². The summed E-state index contributed by atoms with van der Waals surface area (Å²) in [6.07, 6.45) is 1.04. The average molecular weight is 283 g/mol. The Labute approximate surface area is 118 Å². The van der Waals surface area contributed by atoms with E-state index in [0.717, 1.165) is 24.3 Å². The zero-order valence-corrected chi connectivity index (χ0v) is 12.6. The SMILES string of the molecule is CCC(C)(C)Cn1c(C(C)Cl)nc2c(F)cccc21. The van der Waals surface area contributed by atoms with E-state index in [1.807, 2.05) is 13.0 Å². The van der Waals surface area contributed by atoms with Crippen molar-refractivity contribution in [2.24, 2.45) is 5.41 Å². The first kappa shape index (κ1) is 14.3. The number of halogens is 2. The Morgan fingerprint density at radius 1 is 1.42 bits per heavy atom. The molecule has 19 heavy (non-hydrogen) atoms. The predicted octanol–water partition coefficient (Wildman–Crippen LogP) is 4.91. The van der Waals surface area contributed by atoms with Gasteiger partial charge in [-0.15, -0.1) is 11.6 Å². The zero-order valence-electron chi connectivity index (χ0n) is 11.9. The highest BCUT2D eigenvalue weighted by atomic mass is 35.5. The molecule has 2 aromatic rings. The summed E-state index contributed by atoms with van der Waals surface area (Å²) in [6.45, 7) is 9.21. The van der Waals surface area contributed by atoms with Gasteiger partial charge in [-0.3, -0.25) is 0 Å². The van der Waals surface area contributed by atoms with Gasteiger partial charge in [-0.25, -0.2) is 9.37 Å². The number of benzene rings is 1. The lowest BCUT2D eigenvalue weighted by molar-refractivity contribution is 0.294. The van der Waals surface area contributed by atoms with Crippen LogP contribution >= 0.6 is 11.6 Å². The molecule has 0 spiro atoms. The third-order valence-electron chi connectivity index (χ3n) is 3.66. The molecule has 0 aliphatic heterocycles. The van der Waals surface area contributed by atoms with Crippen LogP contribution in [-0.4, -0.2) is 9.55 Å². The van der Waals surface area contributed by atoms with Crippen molar-refractivity contribution in [1.29, 1.82) is 0 Å². The number of para-hydroxylation sites is 1. The van der Waals surface area contributed by atoms with Crippen LogP contribution in [0.4, 0.5) is 4.39 Å². The van der Waals surface area contributed by atoms with Gasteiger partial charge in [0.2, 0.25) is 0 Å². The van der Waals surface area contributed by atoms with Crippen molar-refractivity contribution in [1.82, 2.24) is 9.55 Å². The Bertz CT molecular complexity index is 587. The van der Waals surface area contributed by atoms with E-state index in [1.54, 1.807) is 6.07 Å². The topological polar surface area (TPSA) is 17.8 Å². The van der Waals surface area contributed by atoms with Crippen molar-refractivity contribution >= 4 is 22.6 Å². The van der Waals surface area contributed by atoms with Crippen molar-refractivity contribution in [2.45, 2.75) is 46.0 Å². The molecule has 0 aliphatic rings. The maximum Gasteiger partial charge on any atom is 0.151 e. The highest BCUT2D eigenvalue weighted by Gasteiger charge is 2.23. The summed E-state index contributed by atoms with van der Waals surface area (Å²) in [6, 6.07) is 5.06. The molecule has 0 fully saturated rings. The second kappa shape index (κ2) is 5.12. The number of hydrogen-bond acceptors (Lipinski definition) is 1. The van der Waals surface area contributed by atoms with Crippen LogP contribution in [0.25, 0.3) is 11.0 Å². The maximum atomic E-state index is 13.8. The fourth-order valence-corrected chi connectivity index (χ4v) is 2.31. The first-order valence-electron chi connectivity index (χ1n) is 6.64. The molecule has 2 rings (SSSR count). The molecule has 1 unspecified atom stereocenters. The number of hydrogen-bond donors (Lipinski definition) is 0. The quantitative estimate of drug-likeness (QED) is 0.729. The molecule has 1 aromatic heterocycles. The predicted molar refractivity (Wildman–Crippen MR) is 78.0 cm³/mol. The lowest BCUT2D eigenvalue weighted by atomic mass is 9.90. The highest BCUT2D eigenvalue weighted by Crippen LogP contribution is 2.31. The number of alkyl halides is 1. The first-order valence-corrected chi connectivity index (χ1v) is 7.08. The van der Waals surface area contributed by atoms with Gasteiger partial charge in [-0.2, -0.15) is 0 Å². The van der Waals surface area contributed by atoms with E-state index in [0.29, 0.717) is 5.52 Å². The minimum absolute atomic E-state index is 0.125. The van der Waals surface area contributed by atoms with Crippen LogP contribution in [0.2, 0.25) is 0 Å². The van der Waals surface area contributed by atoms with E-state index < -0.39 is 0 Å². The number of aromatic nitrogens is 2. The standard InChI is InChI=1S/C15H20ClFN2/c1-5-15(3,4)9-19-12-8-6-7-11(17)13(12)18-14(19)10(2)16/h6-8,10H,5,9H2,1-4H3. The summed E-state index contributed by atoms with van der Waals surface area (Å²) in [5.41, 5.74) is 1.36. The van der Waals surface area contributed by atoms with Gasteiger partial charge in [0.15, 0.2) is 5.82 Å². The summed E-state index contributed by atoms with van der Waals surface area (Å²) in [7, 11) is 0. The van der Waals surface area contributed by atoms with Crippen molar-refractivity contribution in [2.75, 3.05) is 0 Å². The number of fused-ring (bicyclic) bond motifs is 1. The molecule has 0 saturated carbocycles. The third kappa shape index (κ3) is 2.76. The largest absolute Gasteiger partial charge is 0.326 e. The van der Waals surface area contributed by atoms with Crippen LogP contribution in [0.1, 0.15) is 45.3 Å². The molecule has 0 aliphatic carbocycles. The van der Waals surface area contributed by atoms with Gasteiger partial charge < -0.3 is 4.57 Å². The second-order valence-corrected chi connectivity index (χ2v) is 6.45.